The molecule has 5 heteroatoms. The molecule has 5 nitrogen and oxygen atoms in total. The van der Waals surface area contributed by atoms with Crippen LogP contribution in [0.2, 0.25) is 0 Å². The van der Waals surface area contributed by atoms with Crippen LogP contribution in [-0.2, 0) is 0 Å². The summed E-state index contributed by atoms with van der Waals surface area (Å²) in [5, 5.41) is 14.3. The number of carbonyl (C=O) groups excluding carboxylic acids is 1. The van der Waals surface area contributed by atoms with E-state index in [9.17, 15) is 9.90 Å². The first-order valence-corrected chi connectivity index (χ1v) is 10.9. The SMILES string of the molecule is O=C(NC[C@@H]1[C@@H](c2ccccc2)[C@]12CN(C1CCCC1)C[C@@H]2O)c1ccncc1. The summed E-state index contributed by atoms with van der Waals surface area (Å²) in [5.74, 6) is 0.487. The molecule has 2 heterocycles. The number of benzene rings is 1. The average Bonchev–Trinajstić information content (AvgIpc) is 3.06. The minimum atomic E-state index is -0.337. The largest absolute Gasteiger partial charge is 0.391 e. The summed E-state index contributed by atoms with van der Waals surface area (Å²) < 4.78 is 0. The summed E-state index contributed by atoms with van der Waals surface area (Å²) in [6.45, 7) is 2.30. The number of amides is 1. The molecule has 0 bridgehead atoms. The van der Waals surface area contributed by atoms with E-state index in [-0.39, 0.29) is 23.3 Å². The molecule has 3 fully saturated rings. The summed E-state index contributed by atoms with van der Waals surface area (Å²) >= 11 is 0. The molecule has 1 aliphatic heterocycles. The fraction of sp³-hybridized carbons (Fsp3) is 0.500. The topological polar surface area (TPSA) is 65.5 Å². The molecule has 29 heavy (non-hydrogen) atoms. The fourth-order valence-corrected chi connectivity index (χ4v) is 5.99. The second kappa shape index (κ2) is 7.54. The Hall–Kier alpha value is -2.24. The minimum absolute atomic E-state index is 0.0682. The highest BCUT2D eigenvalue weighted by Gasteiger charge is 2.71. The summed E-state index contributed by atoms with van der Waals surface area (Å²) in [6.07, 6.45) is 8.05. The quantitative estimate of drug-likeness (QED) is 0.823. The molecule has 2 saturated carbocycles. The Morgan fingerprint density at radius 2 is 1.86 bits per heavy atom. The number of likely N-dealkylation sites (tertiary alicyclic amines) is 1. The van der Waals surface area contributed by atoms with Crippen molar-refractivity contribution in [2.24, 2.45) is 11.3 Å². The van der Waals surface area contributed by atoms with Crippen LogP contribution in [0.3, 0.4) is 0 Å². The van der Waals surface area contributed by atoms with Gasteiger partial charge in [-0.1, -0.05) is 43.2 Å². The van der Waals surface area contributed by atoms with Crippen LogP contribution in [0, 0.1) is 11.3 Å². The molecule has 1 amide bonds. The van der Waals surface area contributed by atoms with Gasteiger partial charge in [0.15, 0.2) is 0 Å². The predicted octanol–water partition coefficient (Wildman–Crippen LogP) is 2.83. The van der Waals surface area contributed by atoms with Gasteiger partial charge in [0.1, 0.15) is 0 Å². The number of carbonyl (C=O) groups is 1. The van der Waals surface area contributed by atoms with Crippen LogP contribution in [0.25, 0.3) is 0 Å². The van der Waals surface area contributed by atoms with Crippen LogP contribution in [0.15, 0.2) is 54.9 Å². The Labute approximate surface area is 172 Å². The number of nitrogens with zero attached hydrogens (tertiary/aromatic N) is 2. The molecule has 3 aliphatic rings. The molecule has 1 saturated heterocycles. The van der Waals surface area contributed by atoms with Crippen molar-refractivity contribution in [1.82, 2.24) is 15.2 Å². The van der Waals surface area contributed by atoms with Crippen LogP contribution in [0.5, 0.6) is 0 Å². The zero-order valence-electron chi connectivity index (χ0n) is 16.7. The number of aliphatic hydroxyl groups excluding tert-OH is 1. The smallest absolute Gasteiger partial charge is 0.251 e. The van der Waals surface area contributed by atoms with E-state index in [1.54, 1.807) is 24.5 Å². The third-order valence-electron chi connectivity index (χ3n) is 7.49. The molecule has 2 aromatic rings. The molecule has 1 aromatic heterocycles. The molecule has 0 radical (unpaired) electrons. The standard InChI is InChI=1S/C24H29N3O2/c28-21-15-27(19-8-4-5-9-19)16-24(21)20(22(24)17-6-2-1-3-7-17)14-26-23(29)18-10-12-25-13-11-18/h1-3,6-7,10-13,19-22,28H,4-5,8-9,14-16H2,(H,26,29)/t20-,21+,22-,24-/m1/s1. The van der Waals surface area contributed by atoms with Crippen molar-refractivity contribution in [3.05, 3.63) is 66.0 Å². The summed E-state index contributed by atoms with van der Waals surface area (Å²) in [4.78, 5) is 19.1. The summed E-state index contributed by atoms with van der Waals surface area (Å²) in [5.41, 5.74) is 1.77. The first kappa shape index (κ1) is 18.8. The average molecular weight is 392 g/mol. The lowest BCUT2D eigenvalue weighted by molar-refractivity contribution is 0.0938. The Bertz CT molecular complexity index is 853. The van der Waals surface area contributed by atoms with E-state index in [0.29, 0.717) is 24.1 Å². The number of rotatable bonds is 5. The Morgan fingerprint density at radius 3 is 2.59 bits per heavy atom. The van der Waals surface area contributed by atoms with Gasteiger partial charge in [-0.05, 0) is 42.4 Å². The Balaban J connectivity index is 1.35. The van der Waals surface area contributed by atoms with E-state index in [0.717, 1.165) is 13.1 Å². The summed E-state index contributed by atoms with van der Waals surface area (Å²) in [7, 11) is 0. The van der Waals surface area contributed by atoms with Gasteiger partial charge < -0.3 is 10.4 Å². The molecule has 4 atom stereocenters. The van der Waals surface area contributed by atoms with Gasteiger partial charge in [-0.15, -0.1) is 0 Å². The van der Waals surface area contributed by atoms with Gasteiger partial charge >= 0.3 is 0 Å². The number of nitrogens with one attached hydrogen (secondary N) is 1. The second-order valence-corrected chi connectivity index (χ2v) is 8.94. The van der Waals surface area contributed by atoms with Gasteiger partial charge in [0.2, 0.25) is 0 Å². The van der Waals surface area contributed by atoms with Crippen LogP contribution in [0.4, 0.5) is 0 Å². The molecular weight excluding hydrogens is 362 g/mol. The number of hydrogen-bond acceptors (Lipinski definition) is 4. The van der Waals surface area contributed by atoms with E-state index < -0.39 is 0 Å². The highest BCUT2D eigenvalue weighted by molar-refractivity contribution is 5.94. The Kier molecular flexibility index (Phi) is 4.88. The number of β-amino-alcohol motifs (C(OH)–C–C–N with tert-alkyl or cyclic N) is 1. The van der Waals surface area contributed by atoms with E-state index in [1.807, 2.05) is 6.07 Å². The molecule has 1 spiro atoms. The van der Waals surface area contributed by atoms with Crippen molar-refractivity contribution in [1.29, 1.82) is 0 Å². The fourth-order valence-electron chi connectivity index (χ4n) is 5.99. The third kappa shape index (κ3) is 3.26. The van der Waals surface area contributed by atoms with E-state index >= 15 is 0 Å². The maximum Gasteiger partial charge on any atom is 0.251 e. The van der Waals surface area contributed by atoms with Crippen molar-refractivity contribution in [3.63, 3.8) is 0 Å². The zero-order valence-corrected chi connectivity index (χ0v) is 16.7. The lowest BCUT2D eigenvalue weighted by atomic mass is 9.95. The van der Waals surface area contributed by atoms with Gasteiger partial charge in [-0.25, -0.2) is 0 Å². The van der Waals surface area contributed by atoms with Gasteiger partial charge in [0.25, 0.3) is 5.91 Å². The van der Waals surface area contributed by atoms with Crippen molar-refractivity contribution in [2.45, 2.75) is 43.7 Å². The van der Waals surface area contributed by atoms with E-state index in [4.69, 9.17) is 0 Å². The van der Waals surface area contributed by atoms with Gasteiger partial charge in [-0.2, -0.15) is 0 Å². The van der Waals surface area contributed by atoms with Crippen LogP contribution >= 0.6 is 0 Å². The lowest BCUT2D eigenvalue weighted by Gasteiger charge is -2.23. The zero-order chi connectivity index (χ0) is 19.8. The lowest BCUT2D eigenvalue weighted by Crippen LogP contribution is -2.32. The molecule has 152 valence electrons. The van der Waals surface area contributed by atoms with Crippen LogP contribution in [0.1, 0.15) is 47.5 Å². The van der Waals surface area contributed by atoms with Crippen molar-refractivity contribution >= 4 is 5.91 Å². The highest BCUT2D eigenvalue weighted by atomic mass is 16.3. The first-order valence-electron chi connectivity index (χ1n) is 10.9. The number of hydrogen-bond donors (Lipinski definition) is 2. The molecule has 1 aromatic carbocycles. The Morgan fingerprint density at radius 1 is 1.14 bits per heavy atom. The molecule has 2 N–H and O–H groups in total. The van der Waals surface area contributed by atoms with Crippen molar-refractivity contribution in [2.75, 3.05) is 19.6 Å². The van der Waals surface area contributed by atoms with Crippen molar-refractivity contribution in [3.8, 4) is 0 Å². The molecule has 2 aliphatic carbocycles. The molecule has 0 unspecified atom stereocenters. The number of aromatic nitrogens is 1. The molecular formula is C24H29N3O2. The number of pyridine rings is 1. The maximum absolute atomic E-state index is 12.6. The highest BCUT2D eigenvalue weighted by Crippen LogP contribution is 2.69. The molecule has 5 rings (SSSR count). The third-order valence-corrected chi connectivity index (χ3v) is 7.49. The normalized spacial score (nSPS) is 32.0. The van der Waals surface area contributed by atoms with E-state index in [1.165, 1.54) is 31.2 Å². The maximum atomic E-state index is 12.6. The monoisotopic (exact) mass is 391 g/mol. The van der Waals surface area contributed by atoms with Gasteiger partial charge in [-0.3, -0.25) is 14.7 Å². The second-order valence-electron chi connectivity index (χ2n) is 8.94. The summed E-state index contributed by atoms with van der Waals surface area (Å²) in [6, 6.07) is 14.6. The van der Waals surface area contributed by atoms with E-state index in [2.05, 4.69) is 39.5 Å². The predicted molar refractivity (Wildman–Crippen MR) is 112 cm³/mol. The number of aliphatic hydroxyl groups is 1. The van der Waals surface area contributed by atoms with Crippen LogP contribution < -0.4 is 5.32 Å². The first-order chi connectivity index (χ1) is 14.2. The minimum Gasteiger partial charge on any atom is -0.391 e. The van der Waals surface area contributed by atoms with Crippen LogP contribution in [-0.4, -0.2) is 52.7 Å². The van der Waals surface area contributed by atoms with Gasteiger partial charge in [0.05, 0.1) is 6.10 Å². The van der Waals surface area contributed by atoms with Crippen molar-refractivity contribution < 1.29 is 9.90 Å². The van der Waals surface area contributed by atoms with Gasteiger partial charge in [0, 0.05) is 49.0 Å².